The van der Waals surface area contributed by atoms with Crippen molar-refractivity contribution in [3.8, 4) is 0 Å². The van der Waals surface area contributed by atoms with Gasteiger partial charge in [-0.1, -0.05) is 0 Å². The third kappa shape index (κ3) is 5.07. The quantitative estimate of drug-likeness (QED) is 0.443. The van der Waals surface area contributed by atoms with Crippen molar-refractivity contribution in [2.45, 2.75) is 6.92 Å². The van der Waals surface area contributed by atoms with Crippen LogP contribution in [0.5, 0.6) is 0 Å². The van der Waals surface area contributed by atoms with Gasteiger partial charge in [0.05, 0.1) is 11.5 Å². The third-order valence-electron chi connectivity index (χ3n) is 1.96. The Hall–Kier alpha value is -1.95. The highest BCUT2D eigenvalue weighted by molar-refractivity contribution is 5.76. The summed E-state index contributed by atoms with van der Waals surface area (Å²) in [5.41, 5.74) is 0.838. The van der Waals surface area contributed by atoms with Gasteiger partial charge in [0.25, 0.3) is 5.69 Å². The van der Waals surface area contributed by atoms with E-state index in [4.69, 9.17) is 4.74 Å². The van der Waals surface area contributed by atoms with Crippen LogP contribution < -0.4 is 5.32 Å². The van der Waals surface area contributed by atoms with Crippen LogP contribution in [0.1, 0.15) is 6.92 Å². The summed E-state index contributed by atoms with van der Waals surface area (Å²) in [5.74, 6) is -0.0136. The van der Waals surface area contributed by atoms with Gasteiger partial charge in [-0.05, 0) is 19.1 Å². The topological polar surface area (TPSA) is 81.5 Å². The van der Waals surface area contributed by atoms with Crippen LogP contribution in [0.4, 0.5) is 11.4 Å². The molecule has 1 N–H and O–H groups in total. The predicted octanol–water partition coefficient (Wildman–Crippen LogP) is 1.61. The van der Waals surface area contributed by atoms with Gasteiger partial charge in [-0.3, -0.25) is 14.9 Å². The number of nitrogens with zero attached hydrogens (tertiary/aromatic N) is 1. The smallest absolute Gasteiger partial charge is 0.269 e. The Morgan fingerprint density at radius 2 is 2.06 bits per heavy atom. The first-order chi connectivity index (χ1) is 8.09. The van der Waals surface area contributed by atoms with E-state index in [1.165, 1.54) is 19.1 Å². The van der Waals surface area contributed by atoms with Gasteiger partial charge in [-0.15, -0.1) is 0 Å². The van der Waals surface area contributed by atoms with Gasteiger partial charge in [0.15, 0.2) is 5.78 Å². The zero-order valence-electron chi connectivity index (χ0n) is 9.51. The Morgan fingerprint density at radius 3 is 2.59 bits per heavy atom. The summed E-state index contributed by atoms with van der Waals surface area (Å²) < 4.78 is 5.06. The van der Waals surface area contributed by atoms with Gasteiger partial charge >= 0.3 is 0 Å². The monoisotopic (exact) mass is 238 g/mol. The lowest BCUT2D eigenvalue weighted by molar-refractivity contribution is -0.384. The molecule has 0 amide bonds. The van der Waals surface area contributed by atoms with Crippen molar-refractivity contribution in [1.29, 1.82) is 0 Å². The Kier molecular flexibility index (Phi) is 5.09. The Balaban J connectivity index is 2.27. The van der Waals surface area contributed by atoms with Gasteiger partial charge in [0.1, 0.15) is 6.61 Å². The third-order valence-corrected chi connectivity index (χ3v) is 1.96. The number of non-ortho nitro benzene ring substituents is 1. The minimum atomic E-state index is -0.445. The summed E-state index contributed by atoms with van der Waals surface area (Å²) in [7, 11) is 0. The molecule has 0 aromatic heterocycles. The van der Waals surface area contributed by atoms with Gasteiger partial charge in [-0.2, -0.15) is 0 Å². The lowest BCUT2D eigenvalue weighted by Crippen LogP contribution is -2.12. The fourth-order valence-corrected chi connectivity index (χ4v) is 1.18. The van der Waals surface area contributed by atoms with Crippen LogP contribution in [0.15, 0.2) is 24.3 Å². The second-order valence-electron chi connectivity index (χ2n) is 3.49. The number of Topliss-reactive ketones (excluding diaryl/α,β-unsaturated/α-hetero) is 1. The molecule has 92 valence electrons. The van der Waals surface area contributed by atoms with Gasteiger partial charge in [0, 0.05) is 24.4 Å². The van der Waals surface area contributed by atoms with Crippen LogP contribution in [-0.4, -0.2) is 30.5 Å². The molecule has 0 aliphatic carbocycles. The molecular formula is C11H14N2O4. The second-order valence-corrected chi connectivity index (χ2v) is 3.49. The summed E-state index contributed by atoms with van der Waals surface area (Å²) in [6, 6.07) is 6.11. The number of nitrogens with one attached hydrogen (secondary N) is 1. The van der Waals surface area contributed by atoms with Gasteiger partial charge in [-0.25, -0.2) is 0 Å². The molecule has 0 radical (unpaired) electrons. The van der Waals surface area contributed by atoms with Crippen molar-refractivity contribution in [2.24, 2.45) is 0 Å². The molecule has 0 saturated heterocycles. The first kappa shape index (κ1) is 13.1. The molecule has 0 aliphatic heterocycles. The molecule has 0 unspecified atom stereocenters. The largest absolute Gasteiger partial charge is 0.383 e. The van der Waals surface area contributed by atoms with Gasteiger partial charge in [0.2, 0.25) is 0 Å². The molecule has 0 heterocycles. The van der Waals surface area contributed by atoms with Crippen molar-refractivity contribution in [3.63, 3.8) is 0 Å². The highest BCUT2D eigenvalue weighted by Gasteiger charge is 2.03. The summed E-state index contributed by atoms with van der Waals surface area (Å²) in [5, 5.41) is 13.4. The molecule has 0 bridgehead atoms. The van der Waals surface area contributed by atoms with Crippen molar-refractivity contribution >= 4 is 17.2 Å². The highest BCUT2D eigenvalue weighted by atomic mass is 16.6. The van der Waals surface area contributed by atoms with Gasteiger partial charge < -0.3 is 10.1 Å². The fraction of sp³-hybridized carbons (Fsp3) is 0.364. The highest BCUT2D eigenvalue weighted by Crippen LogP contribution is 2.14. The van der Waals surface area contributed by atoms with E-state index in [9.17, 15) is 14.9 Å². The number of carbonyl (C=O) groups is 1. The van der Waals surface area contributed by atoms with E-state index >= 15 is 0 Å². The molecular weight excluding hydrogens is 224 g/mol. The first-order valence-electron chi connectivity index (χ1n) is 5.15. The maximum absolute atomic E-state index is 10.6. The van der Waals surface area contributed by atoms with E-state index in [2.05, 4.69) is 5.32 Å². The summed E-state index contributed by atoms with van der Waals surface area (Å²) in [6.07, 6.45) is 0. The number of anilines is 1. The van der Waals surface area contributed by atoms with Crippen LogP contribution in [0, 0.1) is 10.1 Å². The van der Waals surface area contributed by atoms with Crippen LogP contribution in [0.2, 0.25) is 0 Å². The number of benzene rings is 1. The molecule has 0 saturated carbocycles. The van der Waals surface area contributed by atoms with Crippen LogP contribution in [0.25, 0.3) is 0 Å². The molecule has 0 atom stereocenters. The standard InChI is InChI=1S/C11H14N2O4/c1-9(14)8-17-7-6-12-10-2-4-11(5-3-10)13(15)16/h2-5,12H,6-8H2,1H3. The van der Waals surface area contributed by atoms with E-state index in [1.54, 1.807) is 12.1 Å². The van der Waals surface area contributed by atoms with Crippen LogP contribution >= 0.6 is 0 Å². The van der Waals surface area contributed by atoms with E-state index in [0.717, 1.165) is 5.69 Å². The lowest BCUT2D eigenvalue weighted by atomic mass is 10.3. The SMILES string of the molecule is CC(=O)COCCNc1ccc([N+](=O)[O-])cc1. The molecule has 0 fully saturated rings. The maximum atomic E-state index is 10.6. The zero-order valence-corrected chi connectivity index (χ0v) is 9.51. The van der Waals surface area contributed by atoms with E-state index < -0.39 is 4.92 Å². The number of ketones is 1. The average molecular weight is 238 g/mol. The number of carbonyl (C=O) groups excluding carboxylic acids is 1. The zero-order chi connectivity index (χ0) is 12.7. The molecule has 0 spiro atoms. The number of ether oxygens (including phenoxy) is 1. The predicted molar refractivity (Wildman–Crippen MR) is 63.1 cm³/mol. The molecule has 17 heavy (non-hydrogen) atoms. The number of rotatable bonds is 7. The Morgan fingerprint density at radius 1 is 1.41 bits per heavy atom. The van der Waals surface area contributed by atoms with Crippen molar-refractivity contribution in [2.75, 3.05) is 25.1 Å². The fourth-order valence-electron chi connectivity index (χ4n) is 1.18. The Labute approximate surface area is 98.7 Å². The summed E-state index contributed by atoms with van der Waals surface area (Å²) >= 11 is 0. The minimum absolute atomic E-state index is 0.0136. The summed E-state index contributed by atoms with van der Waals surface area (Å²) in [6.45, 7) is 2.54. The van der Waals surface area contributed by atoms with E-state index in [1.807, 2.05) is 0 Å². The number of nitro groups is 1. The minimum Gasteiger partial charge on any atom is -0.383 e. The molecule has 6 nitrogen and oxygen atoms in total. The van der Waals surface area contributed by atoms with E-state index in [-0.39, 0.29) is 18.1 Å². The lowest BCUT2D eigenvalue weighted by Gasteiger charge is -2.06. The average Bonchev–Trinajstić information content (AvgIpc) is 2.29. The first-order valence-corrected chi connectivity index (χ1v) is 5.15. The second kappa shape index (κ2) is 6.59. The Bertz CT molecular complexity index is 389. The van der Waals surface area contributed by atoms with E-state index in [0.29, 0.717) is 13.2 Å². The normalized spacial score (nSPS) is 9.94. The van der Waals surface area contributed by atoms with Crippen molar-refractivity contribution < 1.29 is 14.5 Å². The molecule has 1 aromatic rings. The van der Waals surface area contributed by atoms with Crippen LogP contribution in [0.3, 0.4) is 0 Å². The van der Waals surface area contributed by atoms with Crippen molar-refractivity contribution in [1.82, 2.24) is 0 Å². The van der Waals surface area contributed by atoms with Crippen molar-refractivity contribution in [3.05, 3.63) is 34.4 Å². The number of nitro benzene ring substituents is 1. The number of hydrogen-bond donors (Lipinski definition) is 1. The summed E-state index contributed by atoms with van der Waals surface area (Å²) in [4.78, 5) is 20.5. The number of hydrogen-bond acceptors (Lipinski definition) is 5. The molecule has 1 rings (SSSR count). The molecule has 1 aromatic carbocycles. The van der Waals surface area contributed by atoms with Crippen LogP contribution in [-0.2, 0) is 9.53 Å². The molecule has 6 heteroatoms. The molecule has 0 aliphatic rings. The maximum Gasteiger partial charge on any atom is 0.269 e.